The van der Waals surface area contributed by atoms with E-state index >= 15 is 0 Å². The molecule has 3 aromatic carbocycles. The summed E-state index contributed by atoms with van der Waals surface area (Å²) in [5.41, 5.74) is 3.82. The number of rotatable bonds is 5. The van der Waals surface area contributed by atoms with Crippen molar-refractivity contribution in [1.82, 2.24) is 18.7 Å². The molecule has 0 bridgehead atoms. The van der Waals surface area contributed by atoms with Crippen molar-refractivity contribution in [2.75, 3.05) is 0 Å². The molecule has 0 fully saturated rings. The fraction of sp³-hybridized carbons (Fsp3) is 0.172. The highest BCUT2D eigenvalue weighted by Crippen LogP contribution is 2.37. The topological polar surface area (TPSA) is 74.1 Å². The first kappa shape index (κ1) is 25.9. The molecular formula is C29H29ClN4O3. The zero-order chi connectivity index (χ0) is 25.6. The molecule has 0 aliphatic rings. The minimum Gasteiger partial charge on any atom is -0.508 e. The predicted molar refractivity (Wildman–Crippen MR) is 148 cm³/mol. The normalized spacial score (nSPS) is 11.1. The van der Waals surface area contributed by atoms with Gasteiger partial charge in [0.05, 0.1) is 28.4 Å². The molecule has 0 atom stereocenters. The van der Waals surface area contributed by atoms with Gasteiger partial charge in [0, 0.05) is 31.0 Å². The Morgan fingerprint density at radius 2 is 1.00 bits per heavy atom. The zero-order valence-corrected chi connectivity index (χ0v) is 21.9. The number of hydrogen-bond donors (Lipinski definition) is 1. The minimum atomic E-state index is -0.765. The lowest BCUT2D eigenvalue weighted by molar-refractivity contribution is 0.467. The number of hydrogen-bond acceptors (Lipinski definition) is 3. The molecule has 0 aliphatic carbocycles. The number of nitrogens with zero attached hydrogens (tertiary/aromatic N) is 4. The number of aromatic nitrogens is 4. The molecule has 0 aliphatic heterocycles. The van der Waals surface area contributed by atoms with Crippen LogP contribution in [0, 0.1) is 13.8 Å². The first-order valence-corrected chi connectivity index (χ1v) is 11.8. The maximum atomic E-state index is 14.0. The Balaban J connectivity index is 0.00000320. The summed E-state index contributed by atoms with van der Waals surface area (Å²) < 4.78 is 6.80. The van der Waals surface area contributed by atoms with Crippen molar-refractivity contribution in [3.05, 3.63) is 134 Å². The summed E-state index contributed by atoms with van der Waals surface area (Å²) in [4.78, 5) is 28.1. The molecule has 190 valence electrons. The largest absolute Gasteiger partial charge is 0.508 e. The molecule has 0 saturated heterocycles. The molecule has 37 heavy (non-hydrogen) atoms. The van der Waals surface area contributed by atoms with Gasteiger partial charge in [-0.15, -0.1) is 12.4 Å². The highest BCUT2D eigenvalue weighted by Gasteiger charge is 2.34. The Hall–Kier alpha value is -4.23. The highest BCUT2D eigenvalue weighted by atomic mass is 35.5. The smallest absolute Gasteiger partial charge is 0.275 e. The van der Waals surface area contributed by atoms with Crippen molar-refractivity contribution >= 4 is 12.4 Å². The lowest BCUT2D eigenvalue weighted by Crippen LogP contribution is -2.26. The SMILES string of the molecule is Cc1c(C(c2ccccc2O)c2c(C)n(C)n(-c3ccccc3)c2=O)c(=O)n(-c2ccccc2)n1C.Cl. The van der Waals surface area contributed by atoms with Crippen LogP contribution in [0.3, 0.4) is 0 Å². The first-order valence-electron chi connectivity index (χ1n) is 11.8. The fourth-order valence-corrected chi connectivity index (χ4v) is 5.03. The van der Waals surface area contributed by atoms with E-state index in [4.69, 9.17) is 0 Å². The second kappa shape index (κ2) is 10.0. The summed E-state index contributed by atoms with van der Waals surface area (Å²) in [5, 5.41) is 10.9. The maximum Gasteiger partial charge on any atom is 0.275 e. The van der Waals surface area contributed by atoms with Crippen molar-refractivity contribution in [3.8, 4) is 17.1 Å². The van der Waals surface area contributed by atoms with E-state index < -0.39 is 5.92 Å². The third-order valence-electron chi connectivity index (χ3n) is 7.02. The summed E-state index contributed by atoms with van der Waals surface area (Å²) >= 11 is 0. The summed E-state index contributed by atoms with van der Waals surface area (Å²) in [6, 6.07) is 25.7. The number of phenols is 1. The third kappa shape index (κ3) is 4.11. The van der Waals surface area contributed by atoms with Crippen LogP contribution in [0.25, 0.3) is 11.4 Å². The lowest BCUT2D eigenvalue weighted by atomic mass is 9.84. The number of halogens is 1. The van der Waals surface area contributed by atoms with Crippen molar-refractivity contribution < 1.29 is 5.11 Å². The molecule has 2 heterocycles. The first-order chi connectivity index (χ1) is 17.3. The number of aromatic hydroxyl groups is 1. The van der Waals surface area contributed by atoms with Crippen LogP contribution < -0.4 is 11.1 Å². The van der Waals surface area contributed by atoms with E-state index in [-0.39, 0.29) is 29.3 Å². The number of para-hydroxylation sites is 3. The van der Waals surface area contributed by atoms with Gasteiger partial charge < -0.3 is 5.11 Å². The van der Waals surface area contributed by atoms with Gasteiger partial charge in [-0.25, -0.2) is 9.36 Å². The van der Waals surface area contributed by atoms with Gasteiger partial charge in [0.2, 0.25) is 0 Å². The molecule has 5 rings (SSSR count). The van der Waals surface area contributed by atoms with Crippen LogP contribution in [0.5, 0.6) is 5.75 Å². The van der Waals surface area contributed by atoms with E-state index in [0.717, 1.165) is 11.4 Å². The van der Waals surface area contributed by atoms with E-state index in [0.29, 0.717) is 28.1 Å². The van der Waals surface area contributed by atoms with Gasteiger partial charge in [-0.2, -0.15) is 0 Å². The number of phenolic OH excluding ortho intramolecular Hbond substituents is 1. The van der Waals surface area contributed by atoms with Gasteiger partial charge in [-0.05, 0) is 44.2 Å². The van der Waals surface area contributed by atoms with E-state index in [9.17, 15) is 14.7 Å². The zero-order valence-electron chi connectivity index (χ0n) is 21.1. The van der Waals surface area contributed by atoms with E-state index in [1.807, 2.05) is 94.7 Å². The Kier molecular flexibility index (Phi) is 7.01. The second-order valence-corrected chi connectivity index (χ2v) is 8.94. The van der Waals surface area contributed by atoms with Crippen molar-refractivity contribution in [3.63, 3.8) is 0 Å². The summed E-state index contributed by atoms with van der Waals surface area (Å²) in [6.45, 7) is 3.74. The van der Waals surface area contributed by atoms with Gasteiger partial charge in [-0.1, -0.05) is 54.6 Å². The fourth-order valence-electron chi connectivity index (χ4n) is 5.03. The molecular weight excluding hydrogens is 488 g/mol. The molecule has 0 saturated carbocycles. The summed E-state index contributed by atoms with van der Waals surface area (Å²) in [7, 11) is 3.66. The van der Waals surface area contributed by atoms with Crippen LogP contribution in [0.2, 0.25) is 0 Å². The van der Waals surface area contributed by atoms with Crippen molar-refractivity contribution in [2.24, 2.45) is 14.1 Å². The van der Waals surface area contributed by atoms with Crippen LogP contribution in [0.15, 0.2) is 94.5 Å². The molecule has 0 radical (unpaired) electrons. The van der Waals surface area contributed by atoms with Crippen LogP contribution in [-0.2, 0) is 14.1 Å². The van der Waals surface area contributed by atoms with Gasteiger partial charge in [-0.3, -0.25) is 19.0 Å². The summed E-state index contributed by atoms with van der Waals surface area (Å²) in [5.74, 6) is -0.733. The minimum absolute atomic E-state index is 0. The molecule has 7 nitrogen and oxygen atoms in total. The summed E-state index contributed by atoms with van der Waals surface area (Å²) in [6.07, 6.45) is 0. The lowest BCUT2D eigenvalue weighted by Gasteiger charge is -2.17. The van der Waals surface area contributed by atoms with E-state index in [1.54, 1.807) is 36.9 Å². The highest BCUT2D eigenvalue weighted by molar-refractivity contribution is 5.85. The average molecular weight is 517 g/mol. The third-order valence-corrected chi connectivity index (χ3v) is 7.02. The number of benzene rings is 3. The van der Waals surface area contributed by atoms with E-state index in [1.165, 1.54) is 0 Å². The molecule has 0 amide bonds. The molecule has 1 N–H and O–H groups in total. The monoisotopic (exact) mass is 516 g/mol. The van der Waals surface area contributed by atoms with E-state index in [2.05, 4.69) is 0 Å². The Labute approximate surface area is 220 Å². The van der Waals surface area contributed by atoms with Crippen molar-refractivity contribution in [1.29, 1.82) is 0 Å². The van der Waals surface area contributed by atoms with Crippen LogP contribution in [-0.4, -0.2) is 23.8 Å². The Morgan fingerprint density at radius 1 is 0.622 bits per heavy atom. The van der Waals surface area contributed by atoms with Gasteiger partial charge >= 0.3 is 0 Å². The molecule has 5 aromatic rings. The average Bonchev–Trinajstić information content (AvgIpc) is 3.24. The molecule has 8 heteroatoms. The Morgan fingerprint density at radius 3 is 1.41 bits per heavy atom. The second-order valence-electron chi connectivity index (χ2n) is 8.94. The maximum absolute atomic E-state index is 14.0. The van der Waals surface area contributed by atoms with Crippen LogP contribution >= 0.6 is 12.4 Å². The van der Waals surface area contributed by atoms with Gasteiger partial charge in [0.1, 0.15) is 5.75 Å². The molecule has 0 unspecified atom stereocenters. The van der Waals surface area contributed by atoms with Crippen LogP contribution in [0.4, 0.5) is 0 Å². The van der Waals surface area contributed by atoms with Gasteiger partial charge in [0.15, 0.2) is 0 Å². The van der Waals surface area contributed by atoms with Gasteiger partial charge in [0.25, 0.3) is 11.1 Å². The van der Waals surface area contributed by atoms with Crippen molar-refractivity contribution in [2.45, 2.75) is 19.8 Å². The molecule has 2 aromatic heterocycles. The molecule has 0 spiro atoms. The predicted octanol–water partition coefficient (Wildman–Crippen LogP) is 4.59. The quantitative estimate of drug-likeness (QED) is 0.371. The van der Waals surface area contributed by atoms with Crippen LogP contribution in [0.1, 0.15) is 34.0 Å². The standard InChI is InChI=1S/C29H28N4O3.ClH/c1-19-25(28(35)32(30(19)3)21-13-7-5-8-14-21)27(23-17-11-12-18-24(23)34)26-20(2)31(4)33(29(26)36)22-15-9-6-10-16-22;/h5-18,27,34H,1-4H3;1H. The Bertz CT molecular complexity index is 1570.